The number of nitrogens with zero attached hydrogens (tertiary/aromatic N) is 2. The SMILES string of the molecule is CNCc1cnc(C)n1CCc1ccc(OC)cc1. The molecular formula is C15H21N3O. The number of hydrogen-bond donors (Lipinski definition) is 1. The predicted molar refractivity (Wildman–Crippen MR) is 76.4 cm³/mol. The lowest BCUT2D eigenvalue weighted by Gasteiger charge is -2.10. The highest BCUT2D eigenvalue weighted by atomic mass is 16.5. The van der Waals surface area contributed by atoms with Gasteiger partial charge in [-0.2, -0.15) is 0 Å². The van der Waals surface area contributed by atoms with Crippen LogP contribution in [-0.4, -0.2) is 23.7 Å². The Labute approximate surface area is 114 Å². The summed E-state index contributed by atoms with van der Waals surface area (Å²) in [5, 5.41) is 3.17. The second kappa shape index (κ2) is 6.38. The molecule has 0 amide bonds. The molecule has 0 saturated carbocycles. The van der Waals surface area contributed by atoms with Crippen molar-refractivity contribution in [2.75, 3.05) is 14.2 Å². The fraction of sp³-hybridized carbons (Fsp3) is 0.400. The highest BCUT2D eigenvalue weighted by molar-refractivity contribution is 5.27. The van der Waals surface area contributed by atoms with Gasteiger partial charge in [0.2, 0.25) is 0 Å². The summed E-state index contributed by atoms with van der Waals surface area (Å²) in [6.45, 7) is 3.85. The second-order valence-corrected chi connectivity index (χ2v) is 4.58. The minimum atomic E-state index is 0.851. The van der Waals surface area contributed by atoms with E-state index < -0.39 is 0 Å². The van der Waals surface area contributed by atoms with Gasteiger partial charge < -0.3 is 14.6 Å². The quantitative estimate of drug-likeness (QED) is 0.864. The number of ether oxygens (including phenoxy) is 1. The number of aromatic nitrogens is 2. The van der Waals surface area contributed by atoms with E-state index in [1.54, 1.807) is 7.11 Å². The summed E-state index contributed by atoms with van der Waals surface area (Å²) in [7, 11) is 3.64. The number of nitrogens with one attached hydrogen (secondary N) is 1. The van der Waals surface area contributed by atoms with Crippen molar-refractivity contribution in [1.82, 2.24) is 14.9 Å². The molecule has 0 atom stereocenters. The van der Waals surface area contributed by atoms with E-state index in [1.165, 1.54) is 11.3 Å². The van der Waals surface area contributed by atoms with Crippen molar-refractivity contribution in [2.45, 2.75) is 26.4 Å². The Bertz CT molecular complexity index is 517. The van der Waals surface area contributed by atoms with Gasteiger partial charge in [0.25, 0.3) is 0 Å². The molecule has 0 fully saturated rings. The highest BCUT2D eigenvalue weighted by Crippen LogP contribution is 2.13. The van der Waals surface area contributed by atoms with Gasteiger partial charge in [-0.3, -0.25) is 0 Å². The third-order valence-electron chi connectivity index (χ3n) is 3.28. The van der Waals surface area contributed by atoms with Gasteiger partial charge in [-0.1, -0.05) is 12.1 Å². The molecule has 2 aromatic rings. The van der Waals surface area contributed by atoms with Crippen LogP contribution in [-0.2, 0) is 19.5 Å². The first-order chi connectivity index (χ1) is 9.24. The summed E-state index contributed by atoms with van der Waals surface area (Å²) < 4.78 is 7.43. The molecule has 1 N–H and O–H groups in total. The Morgan fingerprint density at radius 2 is 2.00 bits per heavy atom. The molecule has 0 aliphatic rings. The molecule has 0 saturated heterocycles. The first-order valence-electron chi connectivity index (χ1n) is 6.53. The van der Waals surface area contributed by atoms with Crippen LogP contribution in [0.25, 0.3) is 0 Å². The number of aryl methyl sites for hydroxylation is 2. The third kappa shape index (κ3) is 3.35. The van der Waals surface area contributed by atoms with Gasteiger partial charge in [-0.15, -0.1) is 0 Å². The largest absolute Gasteiger partial charge is 0.497 e. The van der Waals surface area contributed by atoms with Gasteiger partial charge in [0.1, 0.15) is 11.6 Å². The van der Waals surface area contributed by atoms with Crippen molar-refractivity contribution in [1.29, 1.82) is 0 Å². The Morgan fingerprint density at radius 1 is 1.26 bits per heavy atom. The van der Waals surface area contributed by atoms with Crippen LogP contribution in [0.15, 0.2) is 30.5 Å². The molecule has 102 valence electrons. The van der Waals surface area contributed by atoms with Gasteiger partial charge in [-0.25, -0.2) is 4.98 Å². The van der Waals surface area contributed by atoms with E-state index >= 15 is 0 Å². The molecule has 1 aromatic carbocycles. The smallest absolute Gasteiger partial charge is 0.118 e. The van der Waals surface area contributed by atoms with E-state index in [2.05, 4.69) is 27.0 Å². The Kier molecular flexibility index (Phi) is 4.58. The Hall–Kier alpha value is -1.81. The molecular weight excluding hydrogens is 238 g/mol. The van der Waals surface area contributed by atoms with Crippen molar-refractivity contribution in [3.8, 4) is 5.75 Å². The van der Waals surface area contributed by atoms with Crippen LogP contribution < -0.4 is 10.1 Å². The first kappa shape index (κ1) is 13.6. The van der Waals surface area contributed by atoms with Crippen LogP contribution in [0.2, 0.25) is 0 Å². The zero-order chi connectivity index (χ0) is 13.7. The van der Waals surface area contributed by atoms with E-state index in [4.69, 9.17) is 4.74 Å². The number of rotatable bonds is 6. The fourth-order valence-corrected chi connectivity index (χ4v) is 2.18. The van der Waals surface area contributed by atoms with E-state index in [-0.39, 0.29) is 0 Å². The zero-order valence-electron chi connectivity index (χ0n) is 11.8. The second-order valence-electron chi connectivity index (χ2n) is 4.58. The summed E-state index contributed by atoms with van der Waals surface area (Å²) in [5.74, 6) is 1.97. The number of benzene rings is 1. The lowest BCUT2D eigenvalue weighted by atomic mass is 10.1. The van der Waals surface area contributed by atoms with Crippen LogP contribution in [0.4, 0.5) is 0 Å². The molecule has 4 nitrogen and oxygen atoms in total. The molecule has 2 rings (SSSR count). The summed E-state index contributed by atoms with van der Waals surface area (Å²) in [5.41, 5.74) is 2.54. The van der Waals surface area contributed by atoms with Crippen molar-refractivity contribution in [3.05, 3.63) is 47.5 Å². The molecule has 19 heavy (non-hydrogen) atoms. The average molecular weight is 259 g/mol. The molecule has 0 aliphatic carbocycles. The number of hydrogen-bond acceptors (Lipinski definition) is 3. The van der Waals surface area contributed by atoms with E-state index in [1.807, 2.05) is 32.3 Å². The van der Waals surface area contributed by atoms with E-state index in [0.717, 1.165) is 31.1 Å². The van der Waals surface area contributed by atoms with E-state index in [0.29, 0.717) is 0 Å². The Morgan fingerprint density at radius 3 is 2.63 bits per heavy atom. The van der Waals surface area contributed by atoms with Gasteiger partial charge in [-0.05, 0) is 38.1 Å². The minimum Gasteiger partial charge on any atom is -0.497 e. The lowest BCUT2D eigenvalue weighted by molar-refractivity contribution is 0.414. The molecule has 4 heteroatoms. The third-order valence-corrected chi connectivity index (χ3v) is 3.28. The summed E-state index contributed by atoms with van der Waals surface area (Å²) in [4.78, 5) is 4.38. The summed E-state index contributed by atoms with van der Waals surface area (Å²) in [6, 6.07) is 8.24. The summed E-state index contributed by atoms with van der Waals surface area (Å²) >= 11 is 0. The van der Waals surface area contributed by atoms with Crippen LogP contribution in [0.3, 0.4) is 0 Å². The maximum Gasteiger partial charge on any atom is 0.118 e. The molecule has 0 unspecified atom stereocenters. The van der Waals surface area contributed by atoms with Crippen LogP contribution in [0.5, 0.6) is 5.75 Å². The van der Waals surface area contributed by atoms with Crippen molar-refractivity contribution in [2.24, 2.45) is 0 Å². The summed E-state index contributed by atoms with van der Waals surface area (Å²) in [6.07, 6.45) is 2.94. The van der Waals surface area contributed by atoms with Crippen LogP contribution >= 0.6 is 0 Å². The molecule has 1 aromatic heterocycles. The number of imidazole rings is 1. The monoisotopic (exact) mass is 259 g/mol. The van der Waals surface area contributed by atoms with E-state index in [9.17, 15) is 0 Å². The maximum absolute atomic E-state index is 5.17. The van der Waals surface area contributed by atoms with Gasteiger partial charge in [0.15, 0.2) is 0 Å². The van der Waals surface area contributed by atoms with Crippen LogP contribution in [0, 0.1) is 6.92 Å². The standard InChI is InChI=1S/C15H21N3O/c1-12-17-11-14(10-16-2)18(12)9-8-13-4-6-15(19-3)7-5-13/h4-7,11,16H,8-10H2,1-3H3. The van der Waals surface area contributed by atoms with Gasteiger partial charge in [0, 0.05) is 19.3 Å². The van der Waals surface area contributed by atoms with Crippen molar-refractivity contribution in [3.63, 3.8) is 0 Å². The fourth-order valence-electron chi connectivity index (χ4n) is 2.18. The van der Waals surface area contributed by atoms with Crippen LogP contribution in [0.1, 0.15) is 17.1 Å². The maximum atomic E-state index is 5.17. The topological polar surface area (TPSA) is 39.1 Å². The molecule has 0 radical (unpaired) electrons. The normalized spacial score (nSPS) is 10.7. The Balaban J connectivity index is 2.03. The van der Waals surface area contributed by atoms with Crippen molar-refractivity contribution >= 4 is 0 Å². The molecule has 0 spiro atoms. The average Bonchev–Trinajstić information content (AvgIpc) is 2.78. The molecule has 0 aliphatic heterocycles. The highest BCUT2D eigenvalue weighted by Gasteiger charge is 2.05. The van der Waals surface area contributed by atoms with Gasteiger partial charge >= 0.3 is 0 Å². The lowest BCUT2D eigenvalue weighted by Crippen LogP contribution is -2.13. The van der Waals surface area contributed by atoms with Crippen molar-refractivity contribution < 1.29 is 4.74 Å². The predicted octanol–water partition coefficient (Wildman–Crippen LogP) is 2.16. The first-order valence-corrected chi connectivity index (χ1v) is 6.53. The van der Waals surface area contributed by atoms with Gasteiger partial charge in [0.05, 0.1) is 12.8 Å². The zero-order valence-corrected chi connectivity index (χ0v) is 11.8. The number of methoxy groups -OCH3 is 1. The molecule has 0 bridgehead atoms. The minimum absolute atomic E-state index is 0.851. The molecule has 1 heterocycles.